The molecule has 0 aliphatic carbocycles. The van der Waals surface area contributed by atoms with Crippen LogP contribution in [0.3, 0.4) is 0 Å². The molecule has 0 radical (unpaired) electrons. The fourth-order valence-corrected chi connectivity index (χ4v) is 1.69. The van der Waals surface area contributed by atoms with Crippen molar-refractivity contribution < 1.29 is 0 Å². The van der Waals surface area contributed by atoms with Crippen LogP contribution in [-0.4, -0.2) is 13.6 Å². The summed E-state index contributed by atoms with van der Waals surface area (Å²) in [5, 5.41) is 5.41. The van der Waals surface area contributed by atoms with Crippen molar-refractivity contribution in [1.29, 1.82) is 0 Å². The summed E-state index contributed by atoms with van der Waals surface area (Å²) < 4.78 is 0. The number of nitrogens with two attached hydrogens (primary N) is 1. The molecule has 2 nitrogen and oxygen atoms in total. The van der Waals surface area contributed by atoms with Crippen LogP contribution in [0.1, 0.15) is 12.0 Å². The Kier molecular flexibility index (Phi) is 3.64. The number of nitrogens with one attached hydrogen (secondary N) is 1. The van der Waals surface area contributed by atoms with Gasteiger partial charge in [0.2, 0.25) is 0 Å². The fourth-order valence-electron chi connectivity index (χ4n) is 1.69. The van der Waals surface area contributed by atoms with E-state index in [-0.39, 0.29) is 0 Å². The van der Waals surface area contributed by atoms with Crippen LogP contribution in [0.4, 0.5) is 5.69 Å². The highest BCUT2D eigenvalue weighted by Gasteiger charge is 1.94. The van der Waals surface area contributed by atoms with Crippen LogP contribution in [0.25, 0.3) is 10.8 Å². The largest absolute Gasteiger partial charge is 0.399 e. The summed E-state index contributed by atoms with van der Waals surface area (Å²) >= 11 is 0. The van der Waals surface area contributed by atoms with E-state index >= 15 is 0 Å². The number of benzene rings is 2. The molecular weight excluding hydrogens is 208 g/mol. The fraction of sp³-hybridized carbons (Fsp3) is 0.200. The van der Waals surface area contributed by atoms with Gasteiger partial charge in [-0.1, -0.05) is 24.0 Å². The maximum absolute atomic E-state index is 5.74. The summed E-state index contributed by atoms with van der Waals surface area (Å²) in [7, 11) is 1.93. The number of hydrogen-bond donors (Lipinski definition) is 2. The molecular formula is C15H16N2. The van der Waals surface area contributed by atoms with E-state index in [0.717, 1.165) is 29.6 Å². The van der Waals surface area contributed by atoms with Gasteiger partial charge in [-0.3, -0.25) is 0 Å². The van der Waals surface area contributed by atoms with E-state index in [0.29, 0.717) is 0 Å². The highest BCUT2D eigenvalue weighted by molar-refractivity contribution is 5.86. The first-order valence-corrected chi connectivity index (χ1v) is 5.72. The minimum atomic E-state index is 0.797. The second-order valence-corrected chi connectivity index (χ2v) is 3.98. The first kappa shape index (κ1) is 11.5. The highest BCUT2D eigenvalue weighted by atomic mass is 14.8. The van der Waals surface area contributed by atoms with E-state index in [9.17, 15) is 0 Å². The lowest BCUT2D eigenvalue weighted by atomic mass is 10.1. The van der Waals surface area contributed by atoms with Crippen molar-refractivity contribution in [2.24, 2.45) is 0 Å². The van der Waals surface area contributed by atoms with E-state index in [4.69, 9.17) is 5.73 Å². The first-order chi connectivity index (χ1) is 8.29. The van der Waals surface area contributed by atoms with E-state index in [1.54, 1.807) is 0 Å². The van der Waals surface area contributed by atoms with Crippen LogP contribution in [0.15, 0.2) is 36.4 Å². The Bertz CT molecular complexity index is 576. The number of nitrogen functional groups attached to an aromatic ring is 1. The van der Waals surface area contributed by atoms with Gasteiger partial charge in [0.15, 0.2) is 0 Å². The quantitative estimate of drug-likeness (QED) is 0.467. The third-order valence-electron chi connectivity index (χ3n) is 2.60. The van der Waals surface area contributed by atoms with Crippen molar-refractivity contribution in [2.75, 3.05) is 19.3 Å². The number of fused-ring (bicyclic) bond motifs is 1. The second kappa shape index (κ2) is 5.38. The lowest BCUT2D eigenvalue weighted by Crippen LogP contribution is -2.05. The lowest BCUT2D eigenvalue weighted by Gasteiger charge is -2.00. The van der Waals surface area contributed by atoms with E-state index in [2.05, 4.69) is 29.3 Å². The predicted molar refractivity (Wildman–Crippen MR) is 73.8 cm³/mol. The maximum Gasteiger partial charge on any atom is 0.0320 e. The maximum atomic E-state index is 5.74. The Morgan fingerprint density at radius 1 is 1.12 bits per heavy atom. The van der Waals surface area contributed by atoms with Gasteiger partial charge < -0.3 is 11.1 Å². The average Bonchev–Trinajstić information content (AvgIpc) is 2.35. The number of hydrogen-bond acceptors (Lipinski definition) is 2. The molecule has 2 rings (SSSR count). The van der Waals surface area contributed by atoms with Crippen molar-refractivity contribution in [3.63, 3.8) is 0 Å². The van der Waals surface area contributed by atoms with Crippen LogP contribution in [0.5, 0.6) is 0 Å². The molecule has 86 valence electrons. The molecule has 0 aromatic heterocycles. The minimum absolute atomic E-state index is 0.797. The summed E-state index contributed by atoms with van der Waals surface area (Å²) in [4.78, 5) is 0. The summed E-state index contributed by atoms with van der Waals surface area (Å²) in [6, 6.07) is 12.1. The molecule has 3 N–H and O–H groups in total. The van der Waals surface area contributed by atoms with Gasteiger partial charge in [-0.25, -0.2) is 0 Å². The minimum Gasteiger partial charge on any atom is -0.399 e. The standard InChI is InChI=1S/C15H16N2/c1-17-9-3-2-4-12-5-6-14-11-15(16)8-7-13(14)10-12/h5-8,10-11,17H,3,9,16H2,1H3. The Balaban J connectivity index is 2.25. The van der Waals surface area contributed by atoms with Gasteiger partial charge in [0.05, 0.1) is 0 Å². The van der Waals surface area contributed by atoms with Gasteiger partial charge in [0, 0.05) is 24.2 Å². The van der Waals surface area contributed by atoms with Crippen molar-refractivity contribution in [3.8, 4) is 11.8 Å². The zero-order chi connectivity index (χ0) is 12.1. The Labute approximate surface area is 102 Å². The third kappa shape index (κ3) is 2.99. The molecule has 17 heavy (non-hydrogen) atoms. The Morgan fingerprint density at radius 2 is 1.88 bits per heavy atom. The molecule has 0 bridgehead atoms. The van der Waals surface area contributed by atoms with E-state index in [1.165, 1.54) is 5.39 Å². The van der Waals surface area contributed by atoms with Gasteiger partial charge in [0.25, 0.3) is 0 Å². The predicted octanol–water partition coefficient (Wildman–Crippen LogP) is 2.38. The third-order valence-corrected chi connectivity index (χ3v) is 2.60. The zero-order valence-electron chi connectivity index (χ0n) is 9.96. The Morgan fingerprint density at radius 3 is 2.71 bits per heavy atom. The topological polar surface area (TPSA) is 38.0 Å². The van der Waals surface area contributed by atoms with Crippen molar-refractivity contribution in [1.82, 2.24) is 5.32 Å². The van der Waals surface area contributed by atoms with Gasteiger partial charge in [0.1, 0.15) is 0 Å². The second-order valence-electron chi connectivity index (χ2n) is 3.98. The monoisotopic (exact) mass is 224 g/mol. The molecule has 0 saturated carbocycles. The van der Waals surface area contributed by atoms with Gasteiger partial charge in [-0.15, -0.1) is 0 Å². The van der Waals surface area contributed by atoms with Gasteiger partial charge in [-0.2, -0.15) is 0 Å². The summed E-state index contributed by atoms with van der Waals surface area (Å²) in [5.41, 5.74) is 7.59. The van der Waals surface area contributed by atoms with E-state index < -0.39 is 0 Å². The molecule has 2 aromatic carbocycles. The number of anilines is 1. The Hall–Kier alpha value is -1.98. The van der Waals surface area contributed by atoms with Crippen LogP contribution >= 0.6 is 0 Å². The molecule has 0 unspecified atom stereocenters. The van der Waals surface area contributed by atoms with Crippen molar-refractivity contribution >= 4 is 16.5 Å². The molecule has 0 aliphatic heterocycles. The molecule has 0 atom stereocenters. The number of rotatable bonds is 2. The zero-order valence-corrected chi connectivity index (χ0v) is 9.96. The summed E-state index contributed by atoms with van der Waals surface area (Å²) in [6.07, 6.45) is 0.871. The molecule has 0 aliphatic rings. The molecule has 2 aromatic rings. The normalized spacial score (nSPS) is 9.94. The summed E-state index contributed by atoms with van der Waals surface area (Å²) in [6.45, 7) is 0.928. The first-order valence-electron chi connectivity index (χ1n) is 5.72. The van der Waals surface area contributed by atoms with Crippen molar-refractivity contribution in [3.05, 3.63) is 42.0 Å². The molecule has 0 saturated heterocycles. The summed E-state index contributed by atoms with van der Waals surface area (Å²) in [5.74, 6) is 6.31. The van der Waals surface area contributed by atoms with Crippen LogP contribution in [-0.2, 0) is 0 Å². The molecule has 0 amide bonds. The van der Waals surface area contributed by atoms with Gasteiger partial charge in [-0.05, 0) is 42.1 Å². The molecule has 0 heterocycles. The van der Waals surface area contributed by atoms with Crippen LogP contribution < -0.4 is 11.1 Å². The van der Waals surface area contributed by atoms with Gasteiger partial charge >= 0.3 is 0 Å². The highest BCUT2D eigenvalue weighted by Crippen LogP contribution is 2.18. The van der Waals surface area contributed by atoms with E-state index in [1.807, 2.05) is 31.3 Å². The SMILES string of the molecule is CNCCC#Cc1ccc2cc(N)ccc2c1. The smallest absolute Gasteiger partial charge is 0.0320 e. The van der Waals surface area contributed by atoms with Crippen LogP contribution in [0.2, 0.25) is 0 Å². The van der Waals surface area contributed by atoms with Crippen molar-refractivity contribution in [2.45, 2.75) is 6.42 Å². The molecule has 0 spiro atoms. The van der Waals surface area contributed by atoms with Crippen LogP contribution in [0, 0.1) is 11.8 Å². The average molecular weight is 224 g/mol. The molecule has 2 heteroatoms. The lowest BCUT2D eigenvalue weighted by molar-refractivity contribution is 0.818. The molecule has 0 fully saturated rings.